The number of carboxylic acids is 1. The monoisotopic (exact) mass is 330 g/mol. The summed E-state index contributed by atoms with van der Waals surface area (Å²) in [5.41, 5.74) is 0. The van der Waals surface area contributed by atoms with Gasteiger partial charge in [0.1, 0.15) is 5.78 Å². The maximum atomic E-state index is 12.0. The molecule has 0 fully saturated rings. The lowest BCUT2D eigenvalue weighted by molar-refractivity contribution is -0.146. The van der Waals surface area contributed by atoms with Crippen LogP contribution in [0.1, 0.15) is 66.7 Å². The molecule has 0 aromatic rings. The summed E-state index contributed by atoms with van der Waals surface area (Å²) in [7, 11) is 0. The zero-order valence-corrected chi connectivity index (χ0v) is 15.2. The van der Waals surface area contributed by atoms with E-state index < -0.39 is 23.9 Å². The van der Waals surface area contributed by atoms with E-state index in [0.717, 1.165) is 19.3 Å². The van der Waals surface area contributed by atoms with Gasteiger partial charge >= 0.3 is 5.97 Å². The molecule has 0 aliphatic rings. The molecule has 0 saturated heterocycles. The first-order chi connectivity index (χ1) is 10.8. The number of ether oxygens (including phenoxy) is 1. The van der Waals surface area contributed by atoms with Gasteiger partial charge in [0.2, 0.25) is 0 Å². The van der Waals surface area contributed by atoms with Gasteiger partial charge in [-0.1, -0.05) is 41.0 Å². The van der Waals surface area contributed by atoms with Gasteiger partial charge in [0.15, 0.2) is 0 Å². The summed E-state index contributed by atoms with van der Waals surface area (Å²) in [4.78, 5) is 23.1. The van der Waals surface area contributed by atoms with Gasteiger partial charge in [-0.25, -0.2) is 0 Å². The average molecular weight is 330 g/mol. The minimum absolute atomic E-state index is 0.0686. The zero-order chi connectivity index (χ0) is 18.0. The Hall–Kier alpha value is -0.940. The molecule has 1 unspecified atom stereocenters. The molecule has 0 radical (unpaired) electrons. The fraction of sp³-hybridized carbons (Fsp3) is 0.889. The summed E-state index contributed by atoms with van der Waals surface area (Å²) >= 11 is 0. The van der Waals surface area contributed by atoms with Crippen LogP contribution in [-0.2, 0) is 14.3 Å². The lowest BCUT2D eigenvalue weighted by Gasteiger charge is -2.31. The predicted octanol–water partition coefficient (Wildman–Crippen LogP) is 3.28. The molecular weight excluding hydrogens is 296 g/mol. The van der Waals surface area contributed by atoms with Gasteiger partial charge in [-0.3, -0.25) is 9.59 Å². The summed E-state index contributed by atoms with van der Waals surface area (Å²) in [5, 5.41) is 19.6. The van der Waals surface area contributed by atoms with Crippen molar-refractivity contribution in [2.24, 2.45) is 17.8 Å². The maximum Gasteiger partial charge on any atom is 0.308 e. The Morgan fingerprint density at radius 2 is 1.70 bits per heavy atom. The van der Waals surface area contributed by atoms with Crippen LogP contribution in [0.3, 0.4) is 0 Å². The summed E-state index contributed by atoms with van der Waals surface area (Å²) in [6.07, 6.45) is 2.37. The van der Waals surface area contributed by atoms with Crippen LogP contribution in [0.2, 0.25) is 0 Å². The van der Waals surface area contributed by atoms with Crippen molar-refractivity contribution in [3.63, 3.8) is 0 Å². The smallest absolute Gasteiger partial charge is 0.308 e. The van der Waals surface area contributed by atoms with E-state index in [2.05, 4.69) is 0 Å². The number of rotatable bonds is 13. The number of aliphatic carboxylic acids is 1. The minimum atomic E-state index is -0.859. The van der Waals surface area contributed by atoms with E-state index in [4.69, 9.17) is 9.84 Å². The first-order valence-corrected chi connectivity index (χ1v) is 8.85. The number of carboxylic acid groups (broad SMARTS) is 1. The molecule has 0 spiro atoms. The molecule has 0 rings (SSSR count). The number of aliphatic hydroxyl groups is 1. The van der Waals surface area contributed by atoms with Crippen LogP contribution >= 0.6 is 0 Å². The molecule has 136 valence electrons. The normalized spacial score (nSPS) is 18.0. The fourth-order valence-corrected chi connectivity index (χ4v) is 2.73. The lowest BCUT2D eigenvalue weighted by atomic mass is 9.84. The highest BCUT2D eigenvalue weighted by Crippen LogP contribution is 2.24. The second kappa shape index (κ2) is 11.6. The largest absolute Gasteiger partial charge is 0.481 e. The van der Waals surface area contributed by atoms with E-state index in [1.165, 1.54) is 0 Å². The predicted molar refractivity (Wildman–Crippen MR) is 90.3 cm³/mol. The molecule has 0 amide bonds. The highest BCUT2D eigenvalue weighted by Gasteiger charge is 2.32. The number of carbonyl (C=O) groups excluding carboxylic acids is 1. The third-order valence-electron chi connectivity index (χ3n) is 4.57. The molecule has 0 aromatic carbocycles. The Morgan fingerprint density at radius 3 is 2.13 bits per heavy atom. The molecule has 0 heterocycles. The second-order valence-corrected chi connectivity index (χ2v) is 6.46. The van der Waals surface area contributed by atoms with Crippen LogP contribution in [0, 0.1) is 17.8 Å². The van der Waals surface area contributed by atoms with Crippen molar-refractivity contribution < 1.29 is 24.5 Å². The molecule has 5 nitrogen and oxygen atoms in total. The van der Waals surface area contributed by atoms with Crippen molar-refractivity contribution >= 4 is 11.8 Å². The number of aliphatic hydroxyl groups excluding tert-OH is 1. The van der Waals surface area contributed by atoms with Crippen molar-refractivity contribution in [1.82, 2.24) is 0 Å². The standard InChI is InChI=1S/C18H34O5/c1-6-9-15(19)12(4)17(20)13(5)16(10-7-2)23-11-14(8-3)18(21)22/h12-14,16-17,20H,6-11H2,1-5H3,(H,21,22)/t12-,13-,14-,16?,17-/m1/s1. The number of carbonyl (C=O) groups is 2. The fourth-order valence-electron chi connectivity index (χ4n) is 2.73. The molecule has 0 saturated carbocycles. The Bertz CT molecular complexity index is 355. The van der Waals surface area contributed by atoms with E-state index in [1.807, 2.05) is 27.7 Å². The SMILES string of the molecule is CCCC(=O)[C@@H](C)[C@@H](O)[C@H](C)C(CCC)OC[C@@H](CC)C(=O)O. The second-order valence-electron chi connectivity index (χ2n) is 6.46. The third-order valence-corrected chi connectivity index (χ3v) is 4.57. The van der Waals surface area contributed by atoms with E-state index in [9.17, 15) is 14.7 Å². The summed E-state index contributed by atoms with van der Waals surface area (Å²) in [6, 6.07) is 0. The van der Waals surface area contributed by atoms with Crippen molar-refractivity contribution in [3.05, 3.63) is 0 Å². The highest BCUT2D eigenvalue weighted by molar-refractivity contribution is 5.81. The van der Waals surface area contributed by atoms with Crippen molar-refractivity contribution in [1.29, 1.82) is 0 Å². The first kappa shape index (κ1) is 22.1. The topological polar surface area (TPSA) is 83.8 Å². The van der Waals surface area contributed by atoms with Crippen molar-refractivity contribution in [3.8, 4) is 0 Å². The van der Waals surface area contributed by atoms with Gasteiger partial charge < -0.3 is 14.9 Å². The molecular formula is C18H34O5. The lowest BCUT2D eigenvalue weighted by Crippen LogP contribution is -2.39. The van der Waals surface area contributed by atoms with Crippen molar-refractivity contribution in [2.75, 3.05) is 6.61 Å². The molecule has 0 bridgehead atoms. The van der Waals surface area contributed by atoms with Gasteiger partial charge in [-0.15, -0.1) is 0 Å². The Morgan fingerprint density at radius 1 is 1.09 bits per heavy atom. The van der Waals surface area contributed by atoms with Crippen LogP contribution in [-0.4, -0.2) is 40.8 Å². The molecule has 0 aromatic heterocycles. The Labute approximate surface area is 140 Å². The van der Waals surface area contributed by atoms with Crippen molar-refractivity contribution in [2.45, 2.75) is 78.9 Å². The summed E-state index contributed by atoms with van der Waals surface area (Å²) in [5.74, 6) is -1.95. The minimum Gasteiger partial charge on any atom is -0.481 e. The van der Waals surface area contributed by atoms with Gasteiger partial charge in [0.25, 0.3) is 0 Å². The van der Waals surface area contributed by atoms with Crippen LogP contribution in [0.5, 0.6) is 0 Å². The molecule has 5 heteroatoms. The van der Waals surface area contributed by atoms with Crippen LogP contribution in [0.25, 0.3) is 0 Å². The number of hydrogen-bond donors (Lipinski definition) is 2. The van der Waals surface area contributed by atoms with E-state index >= 15 is 0 Å². The highest BCUT2D eigenvalue weighted by atomic mass is 16.5. The number of Topliss-reactive ketones (excluding diaryl/α,β-unsaturated/α-hetero) is 1. The Kier molecular flexibility index (Phi) is 11.1. The van der Waals surface area contributed by atoms with Crippen LogP contribution < -0.4 is 0 Å². The van der Waals surface area contributed by atoms with Crippen LogP contribution in [0.15, 0.2) is 0 Å². The van der Waals surface area contributed by atoms with Crippen LogP contribution in [0.4, 0.5) is 0 Å². The molecule has 23 heavy (non-hydrogen) atoms. The van der Waals surface area contributed by atoms with E-state index in [0.29, 0.717) is 12.8 Å². The maximum absolute atomic E-state index is 12.0. The number of hydrogen-bond acceptors (Lipinski definition) is 4. The molecule has 2 N–H and O–H groups in total. The first-order valence-electron chi connectivity index (χ1n) is 8.85. The average Bonchev–Trinajstić information content (AvgIpc) is 2.52. The van der Waals surface area contributed by atoms with Gasteiger partial charge in [-0.2, -0.15) is 0 Å². The summed E-state index contributed by atoms with van der Waals surface area (Å²) < 4.78 is 5.82. The Balaban J connectivity index is 4.79. The third kappa shape index (κ3) is 7.44. The van der Waals surface area contributed by atoms with E-state index in [1.54, 1.807) is 6.92 Å². The van der Waals surface area contributed by atoms with E-state index in [-0.39, 0.29) is 24.4 Å². The van der Waals surface area contributed by atoms with Gasteiger partial charge in [-0.05, 0) is 19.3 Å². The molecule has 0 aliphatic carbocycles. The quantitative estimate of drug-likeness (QED) is 0.541. The van der Waals surface area contributed by atoms with Gasteiger partial charge in [0.05, 0.1) is 24.7 Å². The molecule has 0 aliphatic heterocycles. The summed E-state index contributed by atoms with van der Waals surface area (Å²) in [6.45, 7) is 9.57. The zero-order valence-electron chi connectivity index (χ0n) is 15.2. The number of ketones is 1. The molecule has 5 atom stereocenters. The van der Waals surface area contributed by atoms with Gasteiger partial charge in [0, 0.05) is 18.3 Å².